The fraction of sp³-hybridized carbons (Fsp3) is 0.348. The molecule has 6 nitrogen and oxygen atoms in total. The van der Waals surface area contributed by atoms with Crippen molar-refractivity contribution in [2.24, 2.45) is 5.92 Å². The molecule has 1 aliphatic heterocycles. The molecule has 0 atom stereocenters. The van der Waals surface area contributed by atoms with Crippen LogP contribution in [0, 0.1) is 12.8 Å². The van der Waals surface area contributed by atoms with Crippen LogP contribution >= 0.6 is 22.0 Å². The number of aryl methyl sites for hydroxylation is 1. The average molecular weight is 603 g/mol. The van der Waals surface area contributed by atoms with E-state index in [0.29, 0.717) is 28.6 Å². The Morgan fingerprint density at radius 2 is 1.69 bits per heavy atom. The number of hydrogen-bond acceptors (Lipinski definition) is 4. The van der Waals surface area contributed by atoms with Crippen molar-refractivity contribution in [3.8, 4) is 0 Å². The van der Waals surface area contributed by atoms with Crippen molar-refractivity contribution in [3.05, 3.63) is 59.3 Å². The molecule has 214 valence electrons. The molecule has 0 spiro atoms. The van der Waals surface area contributed by atoms with Crippen molar-refractivity contribution < 1.29 is 42.2 Å². The molecule has 2 heterocycles. The summed E-state index contributed by atoms with van der Waals surface area (Å²) in [6.07, 6.45) is 1.71. The number of nitrogens with one attached hydrogen (secondary N) is 1. The van der Waals surface area contributed by atoms with Crippen LogP contribution in [0.2, 0.25) is 0 Å². The lowest BCUT2D eigenvalue weighted by atomic mass is 9.99. The van der Waals surface area contributed by atoms with Gasteiger partial charge in [-0.1, -0.05) is 19.4 Å². The number of carbonyl (C=O) groups is 2. The third kappa shape index (κ3) is 6.96. The van der Waals surface area contributed by atoms with Crippen molar-refractivity contribution in [1.29, 1.82) is 0 Å². The van der Waals surface area contributed by atoms with Crippen LogP contribution in [-0.4, -0.2) is 57.4 Å². The molecule has 0 radical (unpaired) electrons. The van der Waals surface area contributed by atoms with Gasteiger partial charge in [0.15, 0.2) is 0 Å². The number of benzene rings is 2. The van der Waals surface area contributed by atoms with E-state index in [1.807, 2.05) is 0 Å². The molecule has 0 bridgehead atoms. The fourth-order valence-corrected chi connectivity index (χ4v) is 5.29. The van der Waals surface area contributed by atoms with Crippen LogP contribution in [0.15, 0.2) is 47.5 Å². The van der Waals surface area contributed by atoms with Gasteiger partial charge >= 0.3 is 15.7 Å². The zero-order valence-electron chi connectivity index (χ0n) is 20.2. The molecule has 16 heteroatoms. The minimum atomic E-state index is -9.81. The van der Waals surface area contributed by atoms with Crippen LogP contribution in [0.3, 0.4) is 0 Å². The summed E-state index contributed by atoms with van der Waals surface area (Å²) >= 11 is -0.224. The van der Waals surface area contributed by atoms with Gasteiger partial charge in [-0.05, 0) is 60.6 Å². The van der Waals surface area contributed by atoms with Crippen LogP contribution in [0.25, 0.3) is 10.9 Å². The van der Waals surface area contributed by atoms with E-state index in [1.165, 1.54) is 11.0 Å². The minimum Gasteiger partial charge on any atom is -0.351 e. The van der Waals surface area contributed by atoms with Crippen LogP contribution in [-0.2, 0) is 6.54 Å². The van der Waals surface area contributed by atoms with E-state index in [4.69, 9.17) is 0 Å². The Kier molecular flexibility index (Phi) is 6.90. The van der Waals surface area contributed by atoms with Gasteiger partial charge in [0.1, 0.15) is 4.90 Å². The summed E-state index contributed by atoms with van der Waals surface area (Å²) in [7, 11) is -9.81. The van der Waals surface area contributed by atoms with E-state index in [0.717, 1.165) is 12.1 Å². The second-order valence-corrected chi connectivity index (χ2v) is 12.7. The van der Waals surface area contributed by atoms with Crippen molar-refractivity contribution in [2.75, 3.05) is 25.4 Å². The summed E-state index contributed by atoms with van der Waals surface area (Å²) in [6, 6.07) is 5.03. The first-order valence-corrected chi connectivity index (χ1v) is 14.3. The summed E-state index contributed by atoms with van der Waals surface area (Å²) in [6.45, 7) is 2.50. The minimum absolute atomic E-state index is 0.0264. The Morgan fingerprint density at radius 1 is 1.05 bits per heavy atom. The lowest BCUT2D eigenvalue weighted by Crippen LogP contribution is -2.51. The third-order valence-corrected chi connectivity index (χ3v) is 8.04. The largest absolute Gasteiger partial charge is 0.441 e. The second-order valence-electron chi connectivity index (χ2n) is 9.14. The molecule has 0 saturated carbocycles. The van der Waals surface area contributed by atoms with Crippen LogP contribution < -0.4 is 5.32 Å². The lowest BCUT2D eigenvalue weighted by Gasteiger charge is -2.41. The first-order chi connectivity index (χ1) is 17.8. The zero-order chi connectivity index (χ0) is 28.9. The highest BCUT2D eigenvalue weighted by atomic mass is 32.5. The second kappa shape index (κ2) is 9.28. The SMILES string of the molecule is Cc1c(C(=O)NCCSC(F)(F)F)ccc2nn(CC3CN(C(=O)c4ccc(S(F)(F)(F)(F)F)cc4)C3)cc12. The highest BCUT2D eigenvalue weighted by Gasteiger charge is 2.65. The van der Waals surface area contributed by atoms with Crippen LogP contribution in [0.1, 0.15) is 26.3 Å². The number of halogens is 8. The summed E-state index contributed by atoms with van der Waals surface area (Å²) in [5.74, 6) is -1.43. The summed E-state index contributed by atoms with van der Waals surface area (Å²) in [5, 5.41) is 7.58. The predicted molar refractivity (Wildman–Crippen MR) is 133 cm³/mol. The maximum absolute atomic E-state index is 12.9. The fourth-order valence-electron chi connectivity index (χ4n) is 4.20. The first-order valence-electron chi connectivity index (χ1n) is 11.4. The quantitative estimate of drug-likeness (QED) is 0.229. The number of aromatic nitrogens is 2. The molecule has 2 aromatic carbocycles. The Hall–Kier alpha value is -3.01. The molecule has 1 aromatic heterocycles. The maximum Gasteiger partial charge on any atom is 0.441 e. The molecular weight excluding hydrogens is 580 g/mol. The first kappa shape index (κ1) is 29.0. The van der Waals surface area contributed by atoms with E-state index in [9.17, 15) is 42.2 Å². The molecule has 1 saturated heterocycles. The van der Waals surface area contributed by atoms with E-state index < -0.39 is 32.4 Å². The lowest BCUT2D eigenvalue weighted by molar-refractivity contribution is -0.0327. The van der Waals surface area contributed by atoms with Crippen molar-refractivity contribution in [2.45, 2.75) is 23.9 Å². The smallest absolute Gasteiger partial charge is 0.351 e. The van der Waals surface area contributed by atoms with Gasteiger partial charge in [0.25, 0.3) is 11.8 Å². The summed E-state index contributed by atoms with van der Waals surface area (Å²) in [4.78, 5) is 24.3. The third-order valence-electron chi connectivity index (χ3n) is 6.14. The summed E-state index contributed by atoms with van der Waals surface area (Å²) in [5.41, 5.74) is -3.02. The number of alkyl halides is 3. The predicted octanol–water partition coefficient (Wildman–Crippen LogP) is 6.76. The number of likely N-dealkylation sites (tertiary alicyclic amines) is 1. The summed E-state index contributed by atoms with van der Waals surface area (Å²) < 4.78 is 103. The molecule has 4 rings (SSSR count). The van der Waals surface area contributed by atoms with Gasteiger partial charge in [-0.15, -0.1) is 0 Å². The highest BCUT2D eigenvalue weighted by molar-refractivity contribution is 8.45. The van der Waals surface area contributed by atoms with Gasteiger partial charge < -0.3 is 10.2 Å². The van der Waals surface area contributed by atoms with E-state index in [2.05, 4.69) is 10.4 Å². The number of amides is 2. The highest BCUT2D eigenvalue weighted by Crippen LogP contribution is 3.02. The molecule has 1 fully saturated rings. The van der Waals surface area contributed by atoms with Gasteiger partial charge in [-0.3, -0.25) is 14.3 Å². The molecule has 2 amide bonds. The topological polar surface area (TPSA) is 67.2 Å². The van der Waals surface area contributed by atoms with Crippen molar-refractivity contribution >= 4 is 44.7 Å². The zero-order valence-corrected chi connectivity index (χ0v) is 21.8. The number of thioether (sulfide) groups is 1. The normalized spacial score (nSPS) is 16.5. The maximum atomic E-state index is 12.9. The molecule has 39 heavy (non-hydrogen) atoms. The Bertz CT molecular complexity index is 1420. The van der Waals surface area contributed by atoms with E-state index in [-0.39, 0.29) is 60.8 Å². The van der Waals surface area contributed by atoms with Gasteiger partial charge in [0, 0.05) is 60.6 Å². The monoisotopic (exact) mass is 602 g/mol. The van der Waals surface area contributed by atoms with Gasteiger partial charge in [-0.25, -0.2) is 0 Å². The van der Waals surface area contributed by atoms with Gasteiger partial charge in [-0.2, -0.15) is 18.3 Å². The number of carbonyl (C=O) groups excluding carboxylic acids is 2. The van der Waals surface area contributed by atoms with Gasteiger partial charge in [0.05, 0.1) is 5.52 Å². The number of hydrogen-bond donors (Lipinski definition) is 1. The molecular formula is C23H22F8N4O2S2. The Labute approximate surface area is 221 Å². The number of fused-ring (bicyclic) bond motifs is 1. The molecule has 1 aliphatic rings. The van der Waals surface area contributed by atoms with Crippen molar-refractivity contribution in [3.63, 3.8) is 0 Å². The molecule has 1 N–H and O–H groups in total. The standard InChI is InChI=1S/C23H22F8N4O2S2/c1-14-18(21(36)32-8-9-38-23(24,25)26)6-7-20-19(14)13-35(33-20)12-15-10-34(11-15)22(37)16-2-4-17(5-3-16)39(27,28,29,30)31/h2-7,13,15H,8-12H2,1H3,(H,32,36). The van der Waals surface area contributed by atoms with Gasteiger partial charge in [0.2, 0.25) is 0 Å². The number of rotatable bonds is 8. The van der Waals surface area contributed by atoms with Crippen LogP contribution in [0.4, 0.5) is 32.6 Å². The average Bonchev–Trinajstić information content (AvgIpc) is 3.20. The molecule has 0 aliphatic carbocycles. The van der Waals surface area contributed by atoms with Crippen LogP contribution in [0.5, 0.6) is 0 Å². The molecule has 3 aromatic rings. The number of nitrogens with zero attached hydrogens (tertiary/aromatic N) is 3. The molecule has 0 unspecified atom stereocenters. The Morgan fingerprint density at radius 3 is 2.28 bits per heavy atom. The van der Waals surface area contributed by atoms with Crippen molar-refractivity contribution in [1.82, 2.24) is 20.0 Å². The van der Waals surface area contributed by atoms with E-state index >= 15 is 0 Å². The Balaban J connectivity index is 1.34. The van der Waals surface area contributed by atoms with E-state index in [1.54, 1.807) is 23.9 Å².